The second kappa shape index (κ2) is 8.15. The van der Waals surface area contributed by atoms with Gasteiger partial charge in [0.25, 0.3) is 0 Å². The standard InChI is InChI=1S/C23H27N5O/c1-18(29)27(2)23(16-10-5-11-17-23)22-24-25-26-28(22)21(19-12-6-3-7-13-19)20-14-8-4-9-15-20/h3-4,6-9,12-15,21H,5,10-11,16-17H2,1-2H3. The van der Waals surface area contributed by atoms with Gasteiger partial charge in [-0.15, -0.1) is 5.10 Å². The number of carbonyl (C=O) groups excluding carboxylic acids is 1. The molecule has 1 amide bonds. The van der Waals surface area contributed by atoms with Crippen LogP contribution in [0.25, 0.3) is 0 Å². The molecule has 0 N–H and O–H groups in total. The third kappa shape index (κ3) is 3.55. The normalized spacial score (nSPS) is 16.0. The summed E-state index contributed by atoms with van der Waals surface area (Å²) in [6.45, 7) is 1.62. The quantitative estimate of drug-likeness (QED) is 0.663. The van der Waals surface area contributed by atoms with E-state index < -0.39 is 5.54 Å². The molecule has 1 aromatic heterocycles. The van der Waals surface area contributed by atoms with Crippen molar-refractivity contribution in [3.63, 3.8) is 0 Å². The maximum Gasteiger partial charge on any atom is 0.220 e. The second-order valence-corrected chi connectivity index (χ2v) is 7.84. The van der Waals surface area contributed by atoms with Crippen molar-refractivity contribution in [2.24, 2.45) is 0 Å². The van der Waals surface area contributed by atoms with Gasteiger partial charge in [-0.1, -0.05) is 79.9 Å². The summed E-state index contributed by atoms with van der Waals surface area (Å²) in [5.74, 6) is 0.810. The van der Waals surface area contributed by atoms with Gasteiger partial charge in [-0.25, -0.2) is 4.68 Å². The summed E-state index contributed by atoms with van der Waals surface area (Å²) in [7, 11) is 1.88. The number of aromatic nitrogens is 4. The minimum Gasteiger partial charge on any atom is -0.333 e. The van der Waals surface area contributed by atoms with Gasteiger partial charge >= 0.3 is 0 Å². The van der Waals surface area contributed by atoms with E-state index >= 15 is 0 Å². The predicted molar refractivity (Wildman–Crippen MR) is 111 cm³/mol. The van der Waals surface area contributed by atoms with Crippen molar-refractivity contribution >= 4 is 5.91 Å². The fourth-order valence-corrected chi connectivity index (χ4v) is 4.57. The molecular weight excluding hydrogens is 362 g/mol. The largest absolute Gasteiger partial charge is 0.333 e. The van der Waals surface area contributed by atoms with E-state index in [1.54, 1.807) is 6.92 Å². The van der Waals surface area contributed by atoms with E-state index in [0.717, 1.165) is 42.6 Å². The molecule has 0 atom stereocenters. The molecule has 2 aromatic carbocycles. The SMILES string of the molecule is CC(=O)N(C)C1(c2nnnn2C(c2ccccc2)c2ccccc2)CCCCC1. The average molecular weight is 390 g/mol. The van der Waals surface area contributed by atoms with Gasteiger partial charge in [0.15, 0.2) is 5.82 Å². The zero-order valence-corrected chi connectivity index (χ0v) is 17.0. The highest BCUT2D eigenvalue weighted by atomic mass is 16.2. The fraction of sp³-hybridized carbons (Fsp3) is 0.391. The van der Waals surface area contributed by atoms with Gasteiger partial charge in [0.2, 0.25) is 5.91 Å². The molecule has 6 nitrogen and oxygen atoms in total. The third-order valence-corrected chi connectivity index (χ3v) is 6.18. The lowest BCUT2D eigenvalue weighted by atomic mass is 9.79. The first-order valence-electron chi connectivity index (χ1n) is 10.3. The molecule has 1 heterocycles. The fourth-order valence-electron chi connectivity index (χ4n) is 4.57. The number of hydrogen-bond donors (Lipinski definition) is 0. The lowest BCUT2D eigenvalue weighted by molar-refractivity contribution is -0.135. The van der Waals surface area contributed by atoms with E-state index in [1.165, 1.54) is 6.42 Å². The first-order chi connectivity index (χ1) is 14.1. The summed E-state index contributed by atoms with van der Waals surface area (Å²) in [5, 5.41) is 13.0. The van der Waals surface area contributed by atoms with Crippen LogP contribution in [-0.4, -0.2) is 38.1 Å². The van der Waals surface area contributed by atoms with E-state index in [-0.39, 0.29) is 11.9 Å². The smallest absolute Gasteiger partial charge is 0.220 e. The minimum absolute atomic E-state index is 0.0393. The third-order valence-electron chi connectivity index (χ3n) is 6.18. The molecular formula is C23H27N5O. The van der Waals surface area contributed by atoms with Crippen LogP contribution in [0.3, 0.4) is 0 Å². The highest BCUT2D eigenvalue weighted by Crippen LogP contribution is 2.42. The molecule has 0 spiro atoms. The molecule has 0 aliphatic heterocycles. The Hall–Kier alpha value is -3.02. The zero-order chi connectivity index (χ0) is 20.3. The Balaban J connectivity index is 1.89. The van der Waals surface area contributed by atoms with E-state index in [9.17, 15) is 4.79 Å². The van der Waals surface area contributed by atoms with E-state index in [0.29, 0.717) is 0 Å². The van der Waals surface area contributed by atoms with Gasteiger partial charge in [0, 0.05) is 14.0 Å². The van der Waals surface area contributed by atoms with Gasteiger partial charge in [-0.3, -0.25) is 4.79 Å². The van der Waals surface area contributed by atoms with Crippen molar-refractivity contribution < 1.29 is 4.79 Å². The highest BCUT2D eigenvalue weighted by Gasteiger charge is 2.44. The number of nitrogens with zero attached hydrogens (tertiary/aromatic N) is 5. The van der Waals surface area contributed by atoms with Crippen LogP contribution >= 0.6 is 0 Å². The Morgan fingerprint density at radius 1 is 0.966 bits per heavy atom. The van der Waals surface area contributed by atoms with Crippen LogP contribution in [0.1, 0.15) is 62.0 Å². The van der Waals surface area contributed by atoms with Gasteiger partial charge < -0.3 is 4.90 Å². The van der Waals surface area contributed by atoms with Crippen molar-refractivity contribution in [2.45, 2.75) is 50.6 Å². The Bertz CT molecular complexity index is 908. The van der Waals surface area contributed by atoms with E-state index in [2.05, 4.69) is 39.8 Å². The van der Waals surface area contributed by atoms with Gasteiger partial charge in [-0.05, 0) is 34.4 Å². The Labute approximate surface area is 171 Å². The number of hydrogen-bond acceptors (Lipinski definition) is 4. The van der Waals surface area contributed by atoms with Gasteiger partial charge in [0.05, 0.1) is 0 Å². The summed E-state index contributed by atoms with van der Waals surface area (Å²) in [4.78, 5) is 14.3. The lowest BCUT2D eigenvalue weighted by Gasteiger charge is -2.43. The predicted octanol–water partition coefficient (Wildman–Crippen LogP) is 3.95. The monoisotopic (exact) mass is 389 g/mol. The van der Waals surface area contributed by atoms with Crippen LogP contribution in [0.2, 0.25) is 0 Å². The molecule has 0 unspecified atom stereocenters. The van der Waals surface area contributed by atoms with Crippen LogP contribution in [-0.2, 0) is 10.3 Å². The van der Waals surface area contributed by atoms with Crippen LogP contribution in [0.5, 0.6) is 0 Å². The van der Waals surface area contributed by atoms with Crippen LogP contribution in [0, 0.1) is 0 Å². The maximum atomic E-state index is 12.4. The van der Waals surface area contributed by atoms with Crippen molar-refractivity contribution in [3.05, 3.63) is 77.6 Å². The van der Waals surface area contributed by atoms with Crippen LogP contribution in [0.15, 0.2) is 60.7 Å². The molecule has 3 aromatic rings. The molecule has 0 bridgehead atoms. The minimum atomic E-state index is -0.477. The van der Waals surface area contributed by atoms with Crippen molar-refractivity contribution in [1.29, 1.82) is 0 Å². The summed E-state index contributed by atoms with van der Waals surface area (Å²) < 4.78 is 1.93. The Kier molecular flexibility index (Phi) is 5.43. The zero-order valence-electron chi connectivity index (χ0n) is 17.0. The van der Waals surface area contributed by atoms with Crippen molar-refractivity contribution in [3.8, 4) is 0 Å². The summed E-state index contributed by atoms with van der Waals surface area (Å²) in [6.07, 6.45) is 5.05. The van der Waals surface area contributed by atoms with E-state index in [4.69, 9.17) is 0 Å². The molecule has 29 heavy (non-hydrogen) atoms. The molecule has 6 heteroatoms. The van der Waals surface area contributed by atoms with Crippen LogP contribution in [0.4, 0.5) is 0 Å². The molecule has 0 radical (unpaired) electrons. The van der Waals surface area contributed by atoms with Gasteiger partial charge in [0.1, 0.15) is 11.6 Å². The summed E-state index contributed by atoms with van der Waals surface area (Å²) in [6, 6.07) is 20.4. The van der Waals surface area contributed by atoms with Crippen molar-refractivity contribution in [1.82, 2.24) is 25.1 Å². The number of tetrazole rings is 1. The molecule has 1 aliphatic carbocycles. The molecule has 1 saturated carbocycles. The van der Waals surface area contributed by atoms with E-state index in [1.807, 2.05) is 53.0 Å². The Morgan fingerprint density at radius 2 is 1.52 bits per heavy atom. The Morgan fingerprint density at radius 3 is 2.03 bits per heavy atom. The van der Waals surface area contributed by atoms with Crippen LogP contribution < -0.4 is 0 Å². The molecule has 4 rings (SSSR count). The number of benzene rings is 2. The van der Waals surface area contributed by atoms with Gasteiger partial charge in [-0.2, -0.15) is 0 Å². The lowest BCUT2D eigenvalue weighted by Crippen LogP contribution is -2.49. The first-order valence-corrected chi connectivity index (χ1v) is 10.3. The highest BCUT2D eigenvalue weighted by molar-refractivity contribution is 5.74. The maximum absolute atomic E-state index is 12.4. The average Bonchev–Trinajstić information content (AvgIpc) is 3.25. The van der Waals surface area contributed by atoms with Crippen molar-refractivity contribution in [2.75, 3.05) is 7.05 Å². The second-order valence-electron chi connectivity index (χ2n) is 7.84. The number of carbonyl (C=O) groups is 1. The number of amides is 1. The topological polar surface area (TPSA) is 63.9 Å². The molecule has 0 saturated heterocycles. The molecule has 1 fully saturated rings. The summed E-state index contributed by atoms with van der Waals surface area (Å²) in [5.41, 5.74) is 1.75. The first kappa shape index (κ1) is 19.3. The molecule has 150 valence electrons. The number of rotatable bonds is 5. The summed E-state index contributed by atoms with van der Waals surface area (Å²) >= 11 is 0. The molecule has 1 aliphatic rings.